The van der Waals surface area contributed by atoms with Crippen LogP contribution in [0.5, 0.6) is 0 Å². The van der Waals surface area contributed by atoms with E-state index in [1.54, 1.807) is 4.90 Å². The van der Waals surface area contributed by atoms with Crippen molar-refractivity contribution in [1.29, 1.82) is 0 Å². The highest BCUT2D eigenvalue weighted by Crippen LogP contribution is 2.46. The lowest BCUT2D eigenvalue weighted by molar-refractivity contribution is -0.139. The summed E-state index contributed by atoms with van der Waals surface area (Å²) in [6, 6.07) is -0.586. The van der Waals surface area contributed by atoms with Gasteiger partial charge in [-0.3, -0.25) is 19.1 Å². The van der Waals surface area contributed by atoms with Crippen LogP contribution in [-0.4, -0.2) is 54.4 Å². The van der Waals surface area contributed by atoms with Gasteiger partial charge in [-0.2, -0.15) is 0 Å². The van der Waals surface area contributed by atoms with E-state index in [-0.39, 0.29) is 17.7 Å². The average molecular weight is 438 g/mol. The third kappa shape index (κ3) is 4.40. The number of carbonyl (C=O) groups excluding carboxylic acids is 3. The van der Waals surface area contributed by atoms with Gasteiger partial charge in [-0.05, 0) is 51.4 Å². The molecule has 1 saturated heterocycles. The molecule has 0 aromatic carbocycles. The Morgan fingerprint density at radius 1 is 1.10 bits per heavy atom. The largest absolute Gasteiger partial charge is 0.339 e. The molecule has 0 aromatic heterocycles. The molecule has 3 atom stereocenters. The van der Waals surface area contributed by atoms with E-state index in [9.17, 15) is 22.8 Å². The van der Waals surface area contributed by atoms with Crippen molar-refractivity contribution >= 4 is 27.7 Å². The molecule has 4 aliphatic rings. The third-order valence-corrected chi connectivity index (χ3v) is 8.54. The number of hydrogen-bond donors (Lipinski definition) is 2. The maximum absolute atomic E-state index is 13.1. The molecule has 166 valence electrons. The number of carbonyl (C=O) groups is 3. The van der Waals surface area contributed by atoms with Gasteiger partial charge in [-0.25, -0.2) is 8.42 Å². The smallest absolute Gasteiger partial charge is 0.259 e. The van der Waals surface area contributed by atoms with E-state index < -0.39 is 32.8 Å². The molecule has 4 rings (SSSR count). The van der Waals surface area contributed by atoms with Crippen LogP contribution >= 0.6 is 0 Å². The third-order valence-electron chi connectivity index (χ3n) is 6.72. The van der Waals surface area contributed by atoms with Gasteiger partial charge in [0.25, 0.3) is 5.91 Å². The van der Waals surface area contributed by atoms with Gasteiger partial charge < -0.3 is 10.2 Å². The summed E-state index contributed by atoms with van der Waals surface area (Å²) >= 11 is 0. The summed E-state index contributed by atoms with van der Waals surface area (Å²) in [5.41, 5.74) is -1.24. The molecule has 2 aliphatic carbocycles. The molecule has 2 saturated carbocycles. The molecule has 0 spiro atoms. The Hall–Kier alpha value is -1.90. The van der Waals surface area contributed by atoms with Gasteiger partial charge in [0.05, 0.1) is 5.25 Å². The second-order valence-electron chi connectivity index (χ2n) is 9.07. The topological polar surface area (TPSA) is 113 Å². The molecule has 0 aromatic rings. The van der Waals surface area contributed by atoms with Crippen molar-refractivity contribution < 1.29 is 22.8 Å². The molecule has 2 heterocycles. The Labute approximate surface area is 177 Å². The SMILES string of the molecule is O=C1NC2(C(=O)NS(=O)(=O)C3CC3)CC2/C=C/CCCCCCC(=O)N2CCCC12. The van der Waals surface area contributed by atoms with Gasteiger partial charge in [-0.15, -0.1) is 0 Å². The standard InChI is InChI=1S/C21H31N3O5S/c25-18-10-6-4-2-1-3-5-8-15-14-21(15,20(27)23-30(28,29)16-11-12-16)22-19(26)17-9-7-13-24(17)18/h5,8,15-17H,1-4,6-7,9-14H2,(H,22,26)(H,23,27)/b8-5+. The number of nitrogens with one attached hydrogen (secondary N) is 2. The van der Waals surface area contributed by atoms with Crippen LogP contribution in [0.3, 0.4) is 0 Å². The molecular formula is C21H31N3O5S. The predicted molar refractivity (Wildman–Crippen MR) is 111 cm³/mol. The van der Waals surface area contributed by atoms with Crippen LogP contribution < -0.4 is 10.0 Å². The minimum Gasteiger partial charge on any atom is -0.339 e. The Morgan fingerprint density at radius 2 is 1.87 bits per heavy atom. The minimum atomic E-state index is -3.70. The molecule has 3 fully saturated rings. The van der Waals surface area contributed by atoms with Crippen molar-refractivity contribution in [3.8, 4) is 0 Å². The maximum atomic E-state index is 13.1. The van der Waals surface area contributed by atoms with Gasteiger partial charge in [0.15, 0.2) is 0 Å². The number of fused-ring (bicyclic) bond motifs is 2. The molecule has 0 radical (unpaired) electrons. The lowest BCUT2D eigenvalue weighted by Gasteiger charge is -2.27. The van der Waals surface area contributed by atoms with Crippen molar-refractivity contribution in [3.05, 3.63) is 12.2 Å². The Kier molecular flexibility index (Phi) is 5.92. The van der Waals surface area contributed by atoms with Gasteiger partial charge >= 0.3 is 0 Å². The summed E-state index contributed by atoms with van der Waals surface area (Å²) in [7, 11) is -3.70. The highest BCUT2D eigenvalue weighted by atomic mass is 32.2. The average Bonchev–Trinajstić information content (AvgIpc) is 3.60. The maximum Gasteiger partial charge on any atom is 0.259 e. The molecular weight excluding hydrogens is 406 g/mol. The van der Waals surface area contributed by atoms with Crippen molar-refractivity contribution in [1.82, 2.24) is 14.9 Å². The van der Waals surface area contributed by atoms with Crippen LogP contribution in [0.1, 0.15) is 70.6 Å². The van der Waals surface area contributed by atoms with Crippen LogP contribution in [0.2, 0.25) is 0 Å². The first-order chi connectivity index (χ1) is 14.3. The lowest BCUT2D eigenvalue weighted by Crippen LogP contribution is -2.56. The summed E-state index contributed by atoms with van der Waals surface area (Å²) in [6.07, 6.45) is 11.9. The van der Waals surface area contributed by atoms with Crippen molar-refractivity contribution in [2.45, 2.75) is 87.5 Å². The summed E-state index contributed by atoms with van der Waals surface area (Å²) < 4.78 is 26.8. The van der Waals surface area contributed by atoms with E-state index in [2.05, 4.69) is 10.0 Å². The predicted octanol–water partition coefficient (Wildman–Crippen LogP) is 1.37. The fourth-order valence-electron chi connectivity index (χ4n) is 4.60. The monoisotopic (exact) mass is 437 g/mol. The molecule has 3 amide bonds. The van der Waals surface area contributed by atoms with Gasteiger partial charge in [0.2, 0.25) is 21.8 Å². The summed E-state index contributed by atoms with van der Waals surface area (Å²) in [6.45, 7) is 0.551. The van der Waals surface area contributed by atoms with E-state index in [0.29, 0.717) is 38.6 Å². The van der Waals surface area contributed by atoms with Crippen LogP contribution in [0.4, 0.5) is 0 Å². The molecule has 3 unspecified atom stereocenters. The number of rotatable bonds is 3. The van der Waals surface area contributed by atoms with Crippen molar-refractivity contribution in [2.24, 2.45) is 5.92 Å². The van der Waals surface area contributed by atoms with Crippen molar-refractivity contribution in [3.63, 3.8) is 0 Å². The van der Waals surface area contributed by atoms with E-state index >= 15 is 0 Å². The fraction of sp³-hybridized carbons (Fsp3) is 0.762. The van der Waals surface area contributed by atoms with E-state index in [0.717, 1.165) is 38.5 Å². The molecule has 9 heteroatoms. The number of sulfonamides is 1. The van der Waals surface area contributed by atoms with E-state index in [1.807, 2.05) is 12.2 Å². The highest BCUT2D eigenvalue weighted by Gasteiger charge is 2.61. The summed E-state index contributed by atoms with van der Waals surface area (Å²) in [5.74, 6) is -1.25. The van der Waals surface area contributed by atoms with Crippen LogP contribution in [-0.2, 0) is 24.4 Å². The first-order valence-electron chi connectivity index (χ1n) is 11.2. The highest BCUT2D eigenvalue weighted by molar-refractivity contribution is 7.91. The first kappa shape index (κ1) is 21.3. The Balaban J connectivity index is 1.54. The van der Waals surface area contributed by atoms with Crippen molar-refractivity contribution in [2.75, 3.05) is 6.54 Å². The fourth-order valence-corrected chi connectivity index (χ4v) is 5.96. The molecule has 0 bridgehead atoms. The number of allylic oxidation sites excluding steroid dienone is 1. The zero-order chi connectivity index (χ0) is 21.4. The minimum absolute atomic E-state index is 0.0113. The molecule has 30 heavy (non-hydrogen) atoms. The van der Waals surface area contributed by atoms with Crippen LogP contribution in [0, 0.1) is 5.92 Å². The number of amides is 3. The zero-order valence-corrected chi connectivity index (χ0v) is 18.1. The molecule has 8 nitrogen and oxygen atoms in total. The normalized spacial score (nSPS) is 34.1. The van der Waals surface area contributed by atoms with Crippen LogP contribution in [0.15, 0.2) is 12.2 Å². The second kappa shape index (κ2) is 8.32. The number of nitrogens with zero attached hydrogens (tertiary/aromatic N) is 1. The number of hydrogen-bond acceptors (Lipinski definition) is 5. The Morgan fingerprint density at radius 3 is 2.63 bits per heavy atom. The van der Waals surface area contributed by atoms with Crippen LogP contribution in [0.25, 0.3) is 0 Å². The van der Waals surface area contributed by atoms with E-state index in [4.69, 9.17) is 0 Å². The quantitative estimate of drug-likeness (QED) is 0.648. The van der Waals surface area contributed by atoms with E-state index in [1.165, 1.54) is 0 Å². The zero-order valence-electron chi connectivity index (χ0n) is 17.3. The van der Waals surface area contributed by atoms with Gasteiger partial charge in [0.1, 0.15) is 11.6 Å². The molecule has 2 aliphatic heterocycles. The lowest BCUT2D eigenvalue weighted by atomic mass is 10.1. The first-order valence-corrected chi connectivity index (χ1v) is 12.7. The molecule has 2 N–H and O–H groups in total. The van der Waals surface area contributed by atoms with Gasteiger partial charge in [0, 0.05) is 18.9 Å². The van der Waals surface area contributed by atoms with Gasteiger partial charge in [-0.1, -0.05) is 25.0 Å². The second-order valence-corrected chi connectivity index (χ2v) is 11.0. The Bertz CT molecular complexity index is 851. The summed E-state index contributed by atoms with van der Waals surface area (Å²) in [5, 5.41) is 2.34. The summed E-state index contributed by atoms with van der Waals surface area (Å²) in [4.78, 5) is 40.3.